The molecule has 0 spiro atoms. The van der Waals surface area contributed by atoms with Crippen molar-refractivity contribution in [3.05, 3.63) is 29.8 Å². The van der Waals surface area contributed by atoms with Gasteiger partial charge in [-0.05, 0) is 31.9 Å². The summed E-state index contributed by atoms with van der Waals surface area (Å²) in [5.41, 5.74) is 7.59. The Balaban J connectivity index is 2.09. The molecule has 3 nitrogen and oxygen atoms in total. The molecule has 4 heteroatoms. The second-order valence-electron chi connectivity index (χ2n) is 4.39. The van der Waals surface area contributed by atoms with E-state index in [1.807, 2.05) is 24.3 Å². The van der Waals surface area contributed by atoms with E-state index in [1.54, 1.807) is 0 Å². The number of para-hydroxylation sites is 1. The number of nitrogens with two attached hydrogens (primary N) is 1. The normalized spacial score (nSPS) is 21.1. The van der Waals surface area contributed by atoms with Crippen LogP contribution in [0.5, 0.6) is 0 Å². The molecule has 1 aromatic carbocycles. The second kappa shape index (κ2) is 5.47. The van der Waals surface area contributed by atoms with Crippen LogP contribution in [0.3, 0.4) is 0 Å². The molecule has 0 bridgehead atoms. The van der Waals surface area contributed by atoms with Crippen LogP contribution < -0.4 is 11.1 Å². The van der Waals surface area contributed by atoms with E-state index in [0.29, 0.717) is 4.99 Å². The standard InChI is InChI=1S/C13H18N2OS/c1-9(12-7-4-8-16-12)15-11-6-3-2-5-10(11)13(14)17/h2-3,5-6,9,12,15H,4,7-8H2,1H3,(H2,14,17). The van der Waals surface area contributed by atoms with Gasteiger partial charge >= 0.3 is 0 Å². The molecule has 1 aromatic rings. The zero-order chi connectivity index (χ0) is 12.3. The monoisotopic (exact) mass is 250 g/mol. The van der Waals surface area contributed by atoms with Crippen LogP contribution in [0.1, 0.15) is 25.3 Å². The molecular weight excluding hydrogens is 232 g/mol. The molecule has 1 aliphatic rings. The number of rotatable bonds is 4. The van der Waals surface area contributed by atoms with Gasteiger partial charge in [-0.15, -0.1) is 0 Å². The lowest BCUT2D eigenvalue weighted by Gasteiger charge is -2.22. The number of thiocarbonyl (C=S) groups is 1. The summed E-state index contributed by atoms with van der Waals surface area (Å²) in [4.78, 5) is 0.424. The fourth-order valence-electron chi connectivity index (χ4n) is 2.16. The Kier molecular flexibility index (Phi) is 3.97. The third-order valence-electron chi connectivity index (χ3n) is 3.10. The van der Waals surface area contributed by atoms with Gasteiger partial charge in [0.25, 0.3) is 0 Å². The van der Waals surface area contributed by atoms with Gasteiger partial charge < -0.3 is 15.8 Å². The highest BCUT2D eigenvalue weighted by molar-refractivity contribution is 7.80. The number of hydrogen-bond donors (Lipinski definition) is 2. The lowest BCUT2D eigenvalue weighted by molar-refractivity contribution is 0.0996. The van der Waals surface area contributed by atoms with Crippen LogP contribution in [0.4, 0.5) is 5.69 Å². The Hall–Kier alpha value is -1.13. The van der Waals surface area contributed by atoms with Crippen LogP contribution in [0.15, 0.2) is 24.3 Å². The van der Waals surface area contributed by atoms with Gasteiger partial charge in [0.1, 0.15) is 4.99 Å². The maximum atomic E-state index is 5.70. The molecule has 0 saturated carbocycles. The number of nitrogens with one attached hydrogen (secondary N) is 1. The van der Waals surface area contributed by atoms with Gasteiger partial charge in [0, 0.05) is 23.9 Å². The molecule has 2 atom stereocenters. The van der Waals surface area contributed by atoms with E-state index in [-0.39, 0.29) is 12.1 Å². The summed E-state index contributed by atoms with van der Waals surface area (Å²) in [5, 5.41) is 3.44. The minimum Gasteiger partial charge on any atom is -0.389 e. The Morgan fingerprint density at radius 2 is 2.29 bits per heavy atom. The van der Waals surface area contributed by atoms with Crippen molar-refractivity contribution in [2.45, 2.75) is 31.9 Å². The lowest BCUT2D eigenvalue weighted by atomic mass is 10.1. The van der Waals surface area contributed by atoms with E-state index >= 15 is 0 Å². The largest absolute Gasteiger partial charge is 0.389 e. The Bertz CT molecular complexity index is 402. The summed E-state index contributed by atoms with van der Waals surface area (Å²) in [6.07, 6.45) is 2.55. The Morgan fingerprint density at radius 3 is 2.94 bits per heavy atom. The highest BCUT2D eigenvalue weighted by Crippen LogP contribution is 2.21. The summed E-state index contributed by atoms with van der Waals surface area (Å²) in [7, 11) is 0. The van der Waals surface area contributed by atoms with E-state index in [2.05, 4.69) is 12.2 Å². The van der Waals surface area contributed by atoms with E-state index in [9.17, 15) is 0 Å². The van der Waals surface area contributed by atoms with Gasteiger partial charge in [-0.25, -0.2) is 0 Å². The van der Waals surface area contributed by atoms with Crippen molar-refractivity contribution < 1.29 is 4.74 Å². The van der Waals surface area contributed by atoms with Gasteiger partial charge in [0.05, 0.1) is 6.10 Å². The molecule has 2 rings (SSSR count). The minimum absolute atomic E-state index is 0.271. The van der Waals surface area contributed by atoms with Crippen molar-refractivity contribution in [2.24, 2.45) is 5.73 Å². The zero-order valence-corrected chi connectivity index (χ0v) is 10.8. The molecular formula is C13H18N2OS. The first-order valence-corrected chi connectivity index (χ1v) is 6.36. The molecule has 0 amide bonds. The summed E-state index contributed by atoms with van der Waals surface area (Å²) in [5.74, 6) is 0. The molecule has 2 unspecified atom stereocenters. The Labute approximate surface area is 107 Å². The predicted molar refractivity (Wildman–Crippen MR) is 74.4 cm³/mol. The molecule has 1 fully saturated rings. The van der Waals surface area contributed by atoms with Gasteiger partial charge in [-0.3, -0.25) is 0 Å². The van der Waals surface area contributed by atoms with Gasteiger partial charge in [0.15, 0.2) is 0 Å². The van der Waals surface area contributed by atoms with Crippen LogP contribution in [0, 0.1) is 0 Å². The van der Waals surface area contributed by atoms with E-state index in [0.717, 1.165) is 30.7 Å². The second-order valence-corrected chi connectivity index (χ2v) is 4.83. The fourth-order valence-corrected chi connectivity index (χ4v) is 2.34. The summed E-state index contributed by atoms with van der Waals surface area (Å²) >= 11 is 5.04. The van der Waals surface area contributed by atoms with Crippen LogP contribution >= 0.6 is 12.2 Å². The van der Waals surface area contributed by atoms with Gasteiger partial charge in [0.2, 0.25) is 0 Å². The number of benzene rings is 1. The maximum absolute atomic E-state index is 5.70. The van der Waals surface area contributed by atoms with Crippen LogP contribution in [-0.4, -0.2) is 23.7 Å². The average molecular weight is 250 g/mol. The average Bonchev–Trinajstić information content (AvgIpc) is 2.83. The molecule has 92 valence electrons. The highest BCUT2D eigenvalue weighted by Gasteiger charge is 2.22. The van der Waals surface area contributed by atoms with E-state index in [1.165, 1.54) is 0 Å². The van der Waals surface area contributed by atoms with E-state index < -0.39 is 0 Å². The minimum atomic E-state index is 0.271. The number of ether oxygens (including phenoxy) is 1. The van der Waals surface area contributed by atoms with E-state index in [4.69, 9.17) is 22.7 Å². The first kappa shape index (κ1) is 12.3. The van der Waals surface area contributed by atoms with Crippen molar-refractivity contribution in [1.29, 1.82) is 0 Å². The Morgan fingerprint density at radius 1 is 1.53 bits per heavy atom. The molecule has 1 saturated heterocycles. The number of anilines is 1. The lowest BCUT2D eigenvalue weighted by Crippen LogP contribution is -2.31. The summed E-state index contributed by atoms with van der Waals surface area (Å²) < 4.78 is 5.66. The molecule has 3 N–H and O–H groups in total. The highest BCUT2D eigenvalue weighted by atomic mass is 32.1. The predicted octanol–water partition coefficient (Wildman–Crippen LogP) is 2.30. The molecule has 1 aliphatic heterocycles. The van der Waals surface area contributed by atoms with Crippen molar-refractivity contribution >= 4 is 22.9 Å². The van der Waals surface area contributed by atoms with Crippen molar-refractivity contribution in [3.63, 3.8) is 0 Å². The third-order valence-corrected chi connectivity index (χ3v) is 3.32. The van der Waals surface area contributed by atoms with Gasteiger partial charge in [-0.2, -0.15) is 0 Å². The fraction of sp³-hybridized carbons (Fsp3) is 0.462. The smallest absolute Gasteiger partial charge is 0.106 e. The molecule has 0 aliphatic carbocycles. The topological polar surface area (TPSA) is 47.3 Å². The molecule has 0 aromatic heterocycles. The maximum Gasteiger partial charge on any atom is 0.106 e. The van der Waals surface area contributed by atoms with Crippen LogP contribution in [-0.2, 0) is 4.74 Å². The zero-order valence-electron chi connectivity index (χ0n) is 9.98. The summed E-state index contributed by atoms with van der Waals surface area (Å²) in [6, 6.07) is 8.13. The van der Waals surface area contributed by atoms with Crippen molar-refractivity contribution in [3.8, 4) is 0 Å². The molecule has 0 radical (unpaired) electrons. The summed E-state index contributed by atoms with van der Waals surface area (Å²) in [6.45, 7) is 3.00. The number of hydrogen-bond acceptors (Lipinski definition) is 3. The third kappa shape index (κ3) is 2.96. The first-order valence-electron chi connectivity index (χ1n) is 5.95. The van der Waals surface area contributed by atoms with Gasteiger partial charge in [-0.1, -0.05) is 24.4 Å². The molecule has 1 heterocycles. The van der Waals surface area contributed by atoms with Crippen LogP contribution in [0.2, 0.25) is 0 Å². The first-order chi connectivity index (χ1) is 8.18. The SMILES string of the molecule is CC(Nc1ccccc1C(N)=S)C1CCCO1. The van der Waals surface area contributed by atoms with Crippen LogP contribution in [0.25, 0.3) is 0 Å². The van der Waals surface area contributed by atoms with Crippen molar-refractivity contribution in [2.75, 3.05) is 11.9 Å². The van der Waals surface area contributed by atoms with Crippen molar-refractivity contribution in [1.82, 2.24) is 0 Å². The quantitative estimate of drug-likeness (QED) is 0.805. The molecule has 17 heavy (non-hydrogen) atoms.